The highest BCUT2D eigenvalue weighted by Gasteiger charge is 1.97. The summed E-state index contributed by atoms with van der Waals surface area (Å²) in [6.45, 7) is 0.893. The molecule has 5 nitrogen and oxygen atoms in total. The standard InChI is InChI=1S/C16H18ClN3O2/c1-21-14-8-4-13(5-9-14)20-16(18)19-10-11-22-15-6-2-12(17)3-7-15/h2-9H,10-11H2,1H3,(H3,18,19,20). The van der Waals surface area contributed by atoms with Gasteiger partial charge in [0.1, 0.15) is 18.1 Å². The van der Waals surface area contributed by atoms with Crippen LogP contribution in [0.2, 0.25) is 5.02 Å². The zero-order valence-corrected chi connectivity index (χ0v) is 13.0. The first-order chi connectivity index (χ1) is 10.7. The molecule has 0 aliphatic carbocycles. The number of guanidine groups is 1. The summed E-state index contributed by atoms with van der Waals surface area (Å²) in [5.74, 6) is 1.88. The number of aliphatic imine (C=N–C) groups is 1. The molecule has 0 amide bonds. The number of hydrogen-bond acceptors (Lipinski definition) is 3. The number of anilines is 1. The van der Waals surface area contributed by atoms with E-state index in [4.69, 9.17) is 26.8 Å². The minimum Gasteiger partial charge on any atom is -0.497 e. The molecule has 2 rings (SSSR count). The number of nitrogens with zero attached hydrogens (tertiary/aromatic N) is 1. The van der Waals surface area contributed by atoms with Crippen LogP contribution in [-0.2, 0) is 0 Å². The zero-order chi connectivity index (χ0) is 15.8. The molecule has 116 valence electrons. The molecular weight excluding hydrogens is 302 g/mol. The fourth-order valence-electron chi connectivity index (χ4n) is 1.72. The predicted molar refractivity (Wildman–Crippen MR) is 90.1 cm³/mol. The van der Waals surface area contributed by atoms with E-state index in [1.165, 1.54) is 0 Å². The van der Waals surface area contributed by atoms with E-state index in [1.807, 2.05) is 36.4 Å². The van der Waals surface area contributed by atoms with Gasteiger partial charge in [-0.05, 0) is 48.5 Å². The summed E-state index contributed by atoms with van der Waals surface area (Å²) >= 11 is 5.80. The summed E-state index contributed by atoms with van der Waals surface area (Å²) in [5, 5.41) is 3.68. The molecule has 2 aromatic carbocycles. The molecular formula is C16H18ClN3O2. The minimum absolute atomic E-state index is 0.338. The third kappa shape index (κ3) is 5.18. The molecule has 2 aromatic rings. The van der Waals surface area contributed by atoms with Gasteiger partial charge in [0, 0.05) is 10.7 Å². The van der Waals surface area contributed by atoms with Crippen molar-refractivity contribution in [3.8, 4) is 11.5 Å². The molecule has 0 saturated heterocycles. The largest absolute Gasteiger partial charge is 0.497 e. The Bertz CT molecular complexity index is 612. The first kappa shape index (κ1) is 16.0. The van der Waals surface area contributed by atoms with Crippen molar-refractivity contribution in [2.24, 2.45) is 10.7 Å². The number of methoxy groups -OCH3 is 1. The molecule has 22 heavy (non-hydrogen) atoms. The molecule has 0 fully saturated rings. The van der Waals surface area contributed by atoms with Crippen molar-refractivity contribution in [2.45, 2.75) is 0 Å². The lowest BCUT2D eigenvalue weighted by atomic mass is 10.3. The first-order valence-corrected chi connectivity index (χ1v) is 7.14. The molecule has 0 aromatic heterocycles. The summed E-state index contributed by atoms with van der Waals surface area (Å²) in [6, 6.07) is 14.6. The lowest BCUT2D eigenvalue weighted by Gasteiger charge is -2.07. The summed E-state index contributed by atoms with van der Waals surface area (Å²) in [4.78, 5) is 4.20. The van der Waals surface area contributed by atoms with E-state index in [-0.39, 0.29) is 0 Å². The highest BCUT2D eigenvalue weighted by Crippen LogP contribution is 2.15. The molecule has 0 spiro atoms. The van der Waals surface area contributed by atoms with Crippen LogP contribution in [0, 0.1) is 0 Å². The minimum atomic E-state index is 0.338. The van der Waals surface area contributed by atoms with Gasteiger partial charge >= 0.3 is 0 Å². The lowest BCUT2D eigenvalue weighted by Crippen LogP contribution is -2.23. The van der Waals surface area contributed by atoms with Gasteiger partial charge in [-0.25, -0.2) is 4.99 Å². The van der Waals surface area contributed by atoms with Crippen LogP contribution >= 0.6 is 11.6 Å². The number of benzene rings is 2. The van der Waals surface area contributed by atoms with Gasteiger partial charge in [0.25, 0.3) is 0 Å². The molecule has 0 saturated carbocycles. The maximum atomic E-state index is 5.81. The second kappa shape index (κ2) is 8.14. The molecule has 0 atom stereocenters. The number of rotatable bonds is 6. The molecule has 0 unspecified atom stereocenters. The maximum absolute atomic E-state index is 5.81. The fourth-order valence-corrected chi connectivity index (χ4v) is 1.85. The molecule has 6 heteroatoms. The summed E-state index contributed by atoms with van der Waals surface area (Å²) in [5.41, 5.74) is 6.66. The lowest BCUT2D eigenvalue weighted by molar-refractivity contribution is 0.329. The van der Waals surface area contributed by atoms with Gasteiger partial charge < -0.3 is 20.5 Å². The highest BCUT2D eigenvalue weighted by molar-refractivity contribution is 6.30. The van der Waals surface area contributed by atoms with Crippen LogP contribution in [-0.4, -0.2) is 26.2 Å². The van der Waals surface area contributed by atoms with E-state index in [1.54, 1.807) is 19.2 Å². The van der Waals surface area contributed by atoms with Gasteiger partial charge in [0.05, 0.1) is 13.7 Å². The predicted octanol–water partition coefficient (Wildman–Crippen LogP) is 3.15. The van der Waals surface area contributed by atoms with Gasteiger partial charge in [-0.2, -0.15) is 0 Å². The number of ether oxygens (including phenoxy) is 2. The molecule has 0 bridgehead atoms. The van der Waals surface area contributed by atoms with E-state index in [2.05, 4.69) is 10.3 Å². The van der Waals surface area contributed by atoms with Gasteiger partial charge in [-0.1, -0.05) is 11.6 Å². The third-order valence-corrected chi connectivity index (χ3v) is 3.07. The van der Waals surface area contributed by atoms with Crippen LogP contribution in [0.15, 0.2) is 53.5 Å². The fraction of sp³-hybridized carbons (Fsp3) is 0.188. The van der Waals surface area contributed by atoms with Crippen molar-refractivity contribution in [3.05, 3.63) is 53.6 Å². The van der Waals surface area contributed by atoms with Crippen LogP contribution in [0.5, 0.6) is 11.5 Å². The van der Waals surface area contributed by atoms with Gasteiger partial charge in [0.2, 0.25) is 0 Å². The smallest absolute Gasteiger partial charge is 0.193 e. The second-order valence-electron chi connectivity index (χ2n) is 4.42. The molecule has 0 aliphatic heterocycles. The Kier molecular flexibility index (Phi) is 5.91. The Labute approximate surface area is 134 Å². The number of nitrogens with two attached hydrogens (primary N) is 1. The van der Waals surface area contributed by atoms with Crippen molar-refractivity contribution in [3.63, 3.8) is 0 Å². The first-order valence-electron chi connectivity index (χ1n) is 6.77. The molecule has 0 radical (unpaired) electrons. The molecule has 0 heterocycles. The van der Waals surface area contributed by atoms with Crippen molar-refractivity contribution in [1.82, 2.24) is 0 Å². The van der Waals surface area contributed by atoms with E-state index >= 15 is 0 Å². The number of nitrogens with one attached hydrogen (secondary N) is 1. The van der Waals surface area contributed by atoms with E-state index in [0.29, 0.717) is 24.1 Å². The molecule has 0 aliphatic rings. The average Bonchev–Trinajstić information content (AvgIpc) is 2.54. The van der Waals surface area contributed by atoms with E-state index in [9.17, 15) is 0 Å². The summed E-state index contributed by atoms with van der Waals surface area (Å²) in [6.07, 6.45) is 0. The van der Waals surface area contributed by atoms with E-state index < -0.39 is 0 Å². The highest BCUT2D eigenvalue weighted by atomic mass is 35.5. The Hall–Kier alpha value is -2.40. The van der Waals surface area contributed by atoms with Crippen LogP contribution in [0.4, 0.5) is 5.69 Å². The molecule has 3 N–H and O–H groups in total. The van der Waals surface area contributed by atoms with Crippen molar-refractivity contribution in [1.29, 1.82) is 0 Å². The Morgan fingerprint density at radius 1 is 1.09 bits per heavy atom. The Morgan fingerprint density at radius 2 is 1.73 bits per heavy atom. The van der Waals surface area contributed by atoms with Gasteiger partial charge in [0.15, 0.2) is 5.96 Å². The van der Waals surface area contributed by atoms with Crippen LogP contribution in [0.1, 0.15) is 0 Å². The van der Waals surface area contributed by atoms with Crippen molar-refractivity contribution >= 4 is 23.2 Å². The number of halogens is 1. The normalized spacial score (nSPS) is 11.1. The zero-order valence-electron chi connectivity index (χ0n) is 12.3. The second-order valence-corrected chi connectivity index (χ2v) is 4.86. The third-order valence-electron chi connectivity index (χ3n) is 2.82. The summed E-state index contributed by atoms with van der Waals surface area (Å²) < 4.78 is 10.6. The van der Waals surface area contributed by atoms with Crippen LogP contribution in [0.25, 0.3) is 0 Å². The van der Waals surface area contributed by atoms with Gasteiger partial charge in [-0.3, -0.25) is 0 Å². The maximum Gasteiger partial charge on any atom is 0.193 e. The van der Waals surface area contributed by atoms with E-state index in [0.717, 1.165) is 17.2 Å². The van der Waals surface area contributed by atoms with Crippen molar-refractivity contribution in [2.75, 3.05) is 25.6 Å². The summed E-state index contributed by atoms with van der Waals surface area (Å²) in [7, 11) is 1.62. The Balaban J connectivity index is 1.76. The van der Waals surface area contributed by atoms with Crippen LogP contribution in [0.3, 0.4) is 0 Å². The quantitative estimate of drug-likeness (QED) is 0.487. The number of hydrogen-bond donors (Lipinski definition) is 2. The monoisotopic (exact) mass is 319 g/mol. The average molecular weight is 320 g/mol. The van der Waals surface area contributed by atoms with Gasteiger partial charge in [-0.15, -0.1) is 0 Å². The Morgan fingerprint density at radius 3 is 2.36 bits per heavy atom. The topological polar surface area (TPSA) is 68.9 Å². The SMILES string of the molecule is COc1ccc(NC(N)=NCCOc2ccc(Cl)cc2)cc1. The van der Waals surface area contributed by atoms with Crippen LogP contribution < -0.4 is 20.5 Å². The van der Waals surface area contributed by atoms with Crippen molar-refractivity contribution < 1.29 is 9.47 Å².